The molecule has 1 N–H and O–H groups in total. The first-order valence-corrected chi connectivity index (χ1v) is 9.18. The Kier molecular flexibility index (Phi) is 4.79. The number of hydrogen-bond acceptors (Lipinski definition) is 5. The monoisotopic (exact) mass is 339 g/mol. The highest BCUT2D eigenvalue weighted by molar-refractivity contribution is 7.91. The molecular formula is C16H21NO5S. The van der Waals surface area contributed by atoms with E-state index in [1.54, 1.807) is 19.9 Å². The third kappa shape index (κ3) is 4.54. The number of aryl methyl sites for hydroxylation is 2. The van der Waals surface area contributed by atoms with Crippen molar-refractivity contribution in [2.75, 3.05) is 18.1 Å². The van der Waals surface area contributed by atoms with Gasteiger partial charge in [0.25, 0.3) is 5.91 Å². The number of amides is 1. The molecule has 1 saturated heterocycles. The number of nitrogens with one attached hydrogen (secondary N) is 1. The topological polar surface area (TPSA) is 89.5 Å². The molecule has 1 aromatic carbocycles. The van der Waals surface area contributed by atoms with Crippen LogP contribution in [0.1, 0.15) is 34.8 Å². The quantitative estimate of drug-likeness (QED) is 0.831. The average molecular weight is 339 g/mol. The van der Waals surface area contributed by atoms with Crippen LogP contribution in [0.2, 0.25) is 0 Å². The van der Waals surface area contributed by atoms with E-state index in [9.17, 15) is 18.0 Å². The summed E-state index contributed by atoms with van der Waals surface area (Å²) in [6, 6.07) is 5.41. The van der Waals surface area contributed by atoms with Crippen LogP contribution < -0.4 is 5.32 Å². The molecule has 0 aliphatic carbocycles. The molecule has 7 heteroatoms. The predicted molar refractivity (Wildman–Crippen MR) is 86.0 cm³/mol. The van der Waals surface area contributed by atoms with Crippen molar-refractivity contribution in [2.24, 2.45) is 0 Å². The summed E-state index contributed by atoms with van der Waals surface area (Å²) in [5, 5.41) is 2.65. The lowest BCUT2D eigenvalue weighted by Gasteiger charge is -2.23. The summed E-state index contributed by atoms with van der Waals surface area (Å²) < 4.78 is 28.1. The fraction of sp³-hybridized carbons (Fsp3) is 0.500. The molecule has 1 aliphatic rings. The smallest absolute Gasteiger partial charge is 0.338 e. The predicted octanol–water partition coefficient (Wildman–Crippen LogP) is 1.15. The third-order valence-corrected chi connectivity index (χ3v) is 5.79. The summed E-state index contributed by atoms with van der Waals surface area (Å²) in [7, 11) is -3.11. The number of carbonyl (C=O) groups is 2. The van der Waals surface area contributed by atoms with E-state index in [1.807, 2.05) is 19.1 Å². The summed E-state index contributed by atoms with van der Waals surface area (Å²) in [4.78, 5) is 24.0. The Morgan fingerprint density at radius 2 is 2.00 bits per heavy atom. The summed E-state index contributed by atoms with van der Waals surface area (Å²) >= 11 is 0. The first-order chi connectivity index (χ1) is 10.6. The van der Waals surface area contributed by atoms with Crippen LogP contribution in [0.15, 0.2) is 18.2 Å². The van der Waals surface area contributed by atoms with Crippen LogP contribution >= 0.6 is 0 Å². The van der Waals surface area contributed by atoms with Crippen molar-refractivity contribution in [1.82, 2.24) is 5.32 Å². The number of carbonyl (C=O) groups excluding carboxylic acids is 2. The van der Waals surface area contributed by atoms with Crippen molar-refractivity contribution in [1.29, 1.82) is 0 Å². The molecule has 2 rings (SSSR count). The molecule has 1 atom stereocenters. The maximum absolute atomic E-state index is 12.0. The molecule has 1 heterocycles. The molecule has 0 saturated carbocycles. The van der Waals surface area contributed by atoms with Crippen LogP contribution in [0.25, 0.3) is 0 Å². The molecule has 1 fully saturated rings. The number of benzene rings is 1. The van der Waals surface area contributed by atoms with Crippen LogP contribution in [-0.4, -0.2) is 43.9 Å². The first-order valence-electron chi connectivity index (χ1n) is 7.36. The van der Waals surface area contributed by atoms with E-state index in [1.165, 1.54) is 0 Å². The van der Waals surface area contributed by atoms with Gasteiger partial charge in [0.15, 0.2) is 16.4 Å². The van der Waals surface area contributed by atoms with E-state index in [0.717, 1.165) is 11.1 Å². The van der Waals surface area contributed by atoms with Crippen LogP contribution in [0.3, 0.4) is 0 Å². The maximum atomic E-state index is 12.0. The second kappa shape index (κ2) is 6.31. The lowest BCUT2D eigenvalue weighted by Crippen LogP contribution is -2.48. The lowest BCUT2D eigenvalue weighted by atomic mass is 10.0. The molecule has 1 aromatic rings. The van der Waals surface area contributed by atoms with Gasteiger partial charge in [-0.2, -0.15) is 0 Å². The largest absolute Gasteiger partial charge is 0.452 e. The zero-order valence-electron chi connectivity index (χ0n) is 13.5. The van der Waals surface area contributed by atoms with Crippen molar-refractivity contribution in [3.05, 3.63) is 34.9 Å². The van der Waals surface area contributed by atoms with Crippen molar-refractivity contribution in [3.8, 4) is 0 Å². The van der Waals surface area contributed by atoms with Gasteiger partial charge < -0.3 is 10.1 Å². The van der Waals surface area contributed by atoms with Gasteiger partial charge in [-0.3, -0.25) is 4.79 Å². The van der Waals surface area contributed by atoms with Gasteiger partial charge in [-0.05, 0) is 38.8 Å². The van der Waals surface area contributed by atoms with Gasteiger partial charge in [-0.1, -0.05) is 17.7 Å². The van der Waals surface area contributed by atoms with Gasteiger partial charge >= 0.3 is 5.97 Å². The van der Waals surface area contributed by atoms with Crippen LogP contribution in [0, 0.1) is 13.8 Å². The molecule has 126 valence electrons. The normalized spacial score (nSPS) is 22.6. The number of ether oxygens (including phenoxy) is 1. The maximum Gasteiger partial charge on any atom is 0.338 e. The zero-order valence-corrected chi connectivity index (χ0v) is 14.3. The SMILES string of the molecule is Cc1ccc(C)c(C(=O)OCC(=O)N[C@@]2(C)CCS(=O)(=O)C2)c1. The van der Waals surface area contributed by atoms with Crippen molar-refractivity contribution in [3.63, 3.8) is 0 Å². The van der Waals surface area contributed by atoms with Crippen molar-refractivity contribution in [2.45, 2.75) is 32.7 Å². The molecular weight excluding hydrogens is 318 g/mol. The molecule has 6 nitrogen and oxygen atoms in total. The second-order valence-electron chi connectivity index (χ2n) is 6.35. The van der Waals surface area contributed by atoms with Gasteiger partial charge in [0, 0.05) is 0 Å². The molecule has 0 unspecified atom stereocenters. The van der Waals surface area contributed by atoms with E-state index >= 15 is 0 Å². The lowest BCUT2D eigenvalue weighted by molar-refractivity contribution is -0.125. The Morgan fingerprint density at radius 1 is 1.30 bits per heavy atom. The van der Waals surface area contributed by atoms with Crippen LogP contribution in [0.5, 0.6) is 0 Å². The molecule has 0 aromatic heterocycles. The van der Waals surface area contributed by atoms with Gasteiger partial charge in [0.1, 0.15) is 0 Å². The molecule has 0 radical (unpaired) electrons. The zero-order chi connectivity index (χ0) is 17.3. The molecule has 1 amide bonds. The number of rotatable bonds is 4. The minimum Gasteiger partial charge on any atom is -0.452 e. The van der Waals surface area contributed by atoms with Gasteiger partial charge in [-0.15, -0.1) is 0 Å². The highest BCUT2D eigenvalue weighted by atomic mass is 32.2. The number of sulfone groups is 1. The van der Waals surface area contributed by atoms with E-state index < -0.39 is 33.9 Å². The Balaban J connectivity index is 1.92. The average Bonchev–Trinajstić information content (AvgIpc) is 2.72. The fourth-order valence-electron chi connectivity index (χ4n) is 2.65. The summed E-state index contributed by atoms with van der Waals surface area (Å²) in [5.41, 5.74) is 1.33. The fourth-order valence-corrected chi connectivity index (χ4v) is 4.74. The Labute approximate surface area is 136 Å². The first kappa shape index (κ1) is 17.5. The Morgan fingerprint density at radius 3 is 2.61 bits per heavy atom. The second-order valence-corrected chi connectivity index (χ2v) is 8.53. The molecule has 0 spiro atoms. The highest BCUT2D eigenvalue weighted by Crippen LogP contribution is 2.22. The Hall–Kier alpha value is -1.89. The Bertz CT molecular complexity index is 741. The standard InChI is InChI=1S/C16H21NO5S/c1-11-4-5-12(2)13(8-11)15(19)22-9-14(18)17-16(3)6-7-23(20,21)10-16/h4-5,8H,6-7,9-10H2,1-3H3,(H,17,18)/t16-/m0/s1. The van der Waals surface area contributed by atoms with Gasteiger partial charge in [0.2, 0.25) is 0 Å². The van der Waals surface area contributed by atoms with Gasteiger partial charge in [-0.25, -0.2) is 13.2 Å². The number of esters is 1. The van der Waals surface area contributed by atoms with Crippen LogP contribution in [-0.2, 0) is 19.4 Å². The van der Waals surface area contributed by atoms with Crippen molar-refractivity contribution < 1.29 is 22.7 Å². The third-order valence-electron chi connectivity index (χ3n) is 3.89. The summed E-state index contributed by atoms with van der Waals surface area (Å²) in [6.07, 6.45) is 0.367. The minimum absolute atomic E-state index is 0.0616. The van der Waals surface area contributed by atoms with E-state index in [-0.39, 0.29) is 11.5 Å². The molecule has 1 aliphatic heterocycles. The number of hydrogen-bond donors (Lipinski definition) is 1. The minimum atomic E-state index is -3.11. The molecule has 0 bridgehead atoms. The van der Waals surface area contributed by atoms with Gasteiger partial charge in [0.05, 0.1) is 22.6 Å². The van der Waals surface area contributed by atoms with E-state index in [4.69, 9.17) is 4.74 Å². The summed E-state index contributed by atoms with van der Waals surface area (Å²) in [6.45, 7) is 4.91. The summed E-state index contributed by atoms with van der Waals surface area (Å²) in [5.74, 6) is -1.09. The highest BCUT2D eigenvalue weighted by Gasteiger charge is 2.39. The van der Waals surface area contributed by atoms with E-state index in [0.29, 0.717) is 12.0 Å². The molecule has 23 heavy (non-hydrogen) atoms. The van der Waals surface area contributed by atoms with Crippen molar-refractivity contribution >= 4 is 21.7 Å². The van der Waals surface area contributed by atoms with E-state index in [2.05, 4.69) is 5.32 Å². The van der Waals surface area contributed by atoms with Crippen LogP contribution in [0.4, 0.5) is 0 Å².